The van der Waals surface area contributed by atoms with Crippen molar-refractivity contribution in [2.24, 2.45) is 0 Å². The Morgan fingerprint density at radius 1 is 0.355 bits per heavy atom. The Morgan fingerprint density at radius 3 is 1.10 bits per heavy atom. The molecule has 0 spiro atoms. The second-order valence-electron chi connectivity index (χ2n) is 13.6. The lowest BCUT2D eigenvalue weighted by atomic mass is 9.77. The summed E-state index contributed by atoms with van der Waals surface area (Å²) in [6, 6.07) is 53.4. The minimum absolute atomic E-state index is 0.00466. The molecule has 0 aliphatic carbocycles. The Labute approximate surface area is 358 Å². The molecule has 0 saturated heterocycles. The molecule has 280 valence electrons. The second-order valence-corrected chi connectivity index (χ2v) is 14.7. The van der Waals surface area contributed by atoms with Crippen LogP contribution in [-0.4, -0.2) is 0 Å². The number of rotatable bonds is 6. The zero-order valence-corrected chi connectivity index (χ0v) is 32.7. The van der Waals surface area contributed by atoms with E-state index in [9.17, 15) is 47.4 Å². The van der Waals surface area contributed by atoms with Gasteiger partial charge in [-0.1, -0.05) is 54.6 Å². The second kappa shape index (κ2) is 16.1. The summed E-state index contributed by atoms with van der Waals surface area (Å²) in [5, 5.41) is 97.3. The molecule has 0 N–H and O–H groups in total. The smallest absolute Gasteiger partial charge is 0.0999 e. The van der Waals surface area contributed by atoms with Crippen LogP contribution in [0.5, 0.6) is 0 Å². The van der Waals surface area contributed by atoms with Gasteiger partial charge in [-0.15, -0.1) is 11.3 Å². The third-order valence-corrected chi connectivity index (χ3v) is 11.5. The van der Waals surface area contributed by atoms with Gasteiger partial charge in [0.25, 0.3) is 0 Å². The number of para-hydroxylation sites is 2. The van der Waals surface area contributed by atoms with Crippen LogP contribution >= 0.6 is 11.3 Å². The average molecular weight is 805 g/mol. The van der Waals surface area contributed by atoms with Gasteiger partial charge >= 0.3 is 0 Å². The van der Waals surface area contributed by atoms with Crippen LogP contribution in [0.1, 0.15) is 50.1 Å². The Morgan fingerprint density at radius 2 is 0.710 bits per heavy atom. The van der Waals surface area contributed by atoms with E-state index in [0.29, 0.717) is 32.5 Å². The molecule has 0 aliphatic rings. The van der Waals surface area contributed by atoms with Gasteiger partial charge in [-0.3, -0.25) is 0 Å². The number of anilines is 3. The Kier molecular flexibility index (Phi) is 10.1. The van der Waals surface area contributed by atoms with Gasteiger partial charge in [0, 0.05) is 60.2 Å². The number of hydrogen-bond acceptors (Lipinski definition) is 11. The number of benzene rings is 7. The zero-order chi connectivity index (χ0) is 43.5. The molecule has 8 rings (SSSR count). The molecule has 11 heteroatoms. The van der Waals surface area contributed by atoms with Gasteiger partial charge in [-0.25, -0.2) is 0 Å². The maximum atomic E-state index is 11.0. The molecule has 0 unspecified atom stereocenters. The molecule has 1 heterocycles. The van der Waals surface area contributed by atoms with Crippen LogP contribution in [0, 0.1) is 102 Å². The fraction of sp³-hybridized carbons (Fsp3) is 0. The highest BCUT2D eigenvalue weighted by Crippen LogP contribution is 2.59. The van der Waals surface area contributed by atoms with Crippen LogP contribution in [0.25, 0.3) is 53.6 Å². The van der Waals surface area contributed by atoms with Gasteiger partial charge in [0.2, 0.25) is 0 Å². The maximum absolute atomic E-state index is 11.0. The topological polar surface area (TPSA) is 217 Å². The van der Waals surface area contributed by atoms with Crippen molar-refractivity contribution < 1.29 is 0 Å². The third kappa shape index (κ3) is 6.20. The maximum Gasteiger partial charge on any atom is 0.0999 e. The summed E-state index contributed by atoms with van der Waals surface area (Å²) in [7, 11) is 0. The molecule has 10 nitrogen and oxygen atoms in total. The number of nitrogens with zero attached hydrogens (tertiary/aromatic N) is 10. The van der Waals surface area contributed by atoms with E-state index in [2.05, 4.69) is 36.4 Å². The van der Waals surface area contributed by atoms with Crippen LogP contribution in [0.3, 0.4) is 0 Å². The van der Waals surface area contributed by atoms with Crippen molar-refractivity contribution in [1.29, 1.82) is 47.4 Å². The highest BCUT2D eigenvalue weighted by Gasteiger charge is 2.35. The monoisotopic (exact) mass is 804 g/mol. The van der Waals surface area contributed by atoms with E-state index in [4.69, 9.17) is 0 Å². The molecule has 62 heavy (non-hydrogen) atoms. The lowest BCUT2D eigenvalue weighted by Gasteiger charge is -2.32. The molecular weight excluding hydrogens is 785 g/mol. The van der Waals surface area contributed by atoms with Crippen molar-refractivity contribution >= 4 is 48.6 Å². The SMILES string of the molecule is N#Cc1cc(C#N)c(-c2c(-c3c(C#N)cc(C#N)cc3C#N)c(-c3c(C#N)cc(C#N)cc3C#N)c3c(sc4ccccc43)c2N(c2ccccc2)c2ccccc2)c(C#N)c1. The van der Waals surface area contributed by atoms with E-state index in [-0.39, 0.29) is 83.5 Å². The van der Waals surface area contributed by atoms with E-state index < -0.39 is 0 Å². The van der Waals surface area contributed by atoms with Gasteiger partial charge in [-0.05, 0) is 66.7 Å². The quantitative estimate of drug-likeness (QED) is 0.155. The summed E-state index contributed by atoms with van der Waals surface area (Å²) in [6.07, 6.45) is 0. The van der Waals surface area contributed by atoms with Crippen LogP contribution in [0.15, 0.2) is 121 Å². The van der Waals surface area contributed by atoms with Crippen molar-refractivity contribution in [2.45, 2.75) is 0 Å². The molecule has 0 bridgehead atoms. The molecule has 0 atom stereocenters. The standard InChI is InChI=1S/C51H20N10S/c52-21-30-15-33(24-55)43(34(16-30)25-56)47-46-41-13-7-8-14-42(41)62-51(46)50(61(39-9-3-1-4-10-39)40-11-5-2-6-12-40)49(45-37(28-59)19-32(23-54)20-38(45)29-60)48(47)44-35(26-57)17-31(22-53)18-36(44)27-58/h1-20H. The van der Waals surface area contributed by atoms with E-state index in [1.165, 1.54) is 47.7 Å². The minimum atomic E-state index is -0.129. The molecule has 7 aromatic carbocycles. The van der Waals surface area contributed by atoms with Crippen LogP contribution in [-0.2, 0) is 0 Å². The fourth-order valence-electron chi connectivity index (χ4n) is 7.92. The lowest BCUT2D eigenvalue weighted by Crippen LogP contribution is -2.14. The highest BCUT2D eigenvalue weighted by atomic mass is 32.1. The largest absolute Gasteiger partial charge is 0.308 e. The van der Waals surface area contributed by atoms with Gasteiger partial charge < -0.3 is 4.90 Å². The van der Waals surface area contributed by atoms with Crippen molar-refractivity contribution in [2.75, 3.05) is 4.90 Å². The van der Waals surface area contributed by atoms with Crippen molar-refractivity contribution in [3.05, 3.63) is 171 Å². The van der Waals surface area contributed by atoms with Gasteiger partial charge in [0.05, 0.1) is 115 Å². The average Bonchev–Trinajstić information content (AvgIpc) is 3.72. The third-order valence-electron chi connectivity index (χ3n) is 10.3. The summed E-state index contributed by atoms with van der Waals surface area (Å²) < 4.78 is 1.33. The molecule has 0 fully saturated rings. The van der Waals surface area contributed by atoms with Gasteiger partial charge in [0.15, 0.2) is 0 Å². The van der Waals surface area contributed by atoms with Crippen LogP contribution in [0.4, 0.5) is 17.1 Å². The zero-order valence-electron chi connectivity index (χ0n) is 31.9. The highest BCUT2D eigenvalue weighted by molar-refractivity contribution is 7.26. The summed E-state index contributed by atoms with van der Waals surface area (Å²) in [6.45, 7) is 0. The predicted octanol–water partition coefficient (Wildman–Crippen LogP) is 11.4. The van der Waals surface area contributed by atoms with Gasteiger partial charge in [0.1, 0.15) is 0 Å². The first kappa shape index (κ1) is 38.8. The summed E-state index contributed by atoms with van der Waals surface area (Å²) >= 11 is 1.37. The minimum Gasteiger partial charge on any atom is -0.308 e. The molecule has 8 aromatic rings. The van der Waals surface area contributed by atoms with E-state index in [1.807, 2.05) is 108 Å². The predicted molar refractivity (Wildman–Crippen MR) is 233 cm³/mol. The van der Waals surface area contributed by atoms with E-state index in [1.54, 1.807) is 0 Å². The molecule has 0 aliphatic heterocycles. The first-order chi connectivity index (χ1) is 30.4. The van der Waals surface area contributed by atoms with Crippen LogP contribution in [0.2, 0.25) is 0 Å². The van der Waals surface area contributed by atoms with Gasteiger partial charge in [-0.2, -0.15) is 47.4 Å². The van der Waals surface area contributed by atoms with Crippen LogP contribution < -0.4 is 4.90 Å². The lowest BCUT2D eigenvalue weighted by molar-refractivity contribution is 1.30. The summed E-state index contributed by atoms with van der Waals surface area (Å²) in [5.74, 6) is 0. The van der Waals surface area contributed by atoms with Crippen molar-refractivity contribution in [3.63, 3.8) is 0 Å². The van der Waals surface area contributed by atoms with Crippen molar-refractivity contribution in [3.8, 4) is 88.0 Å². The van der Waals surface area contributed by atoms with Crippen molar-refractivity contribution in [1.82, 2.24) is 0 Å². The first-order valence-electron chi connectivity index (χ1n) is 18.5. The molecule has 0 amide bonds. The number of thiophene rings is 1. The van der Waals surface area contributed by atoms with E-state index >= 15 is 0 Å². The number of nitriles is 9. The molecular formula is C51H20N10S. The Balaban J connectivity index is 1.86. The first-order valence-corrected chi connectivity index (χ1v) is 19.3. The molecule has 0 radical (unpaired) electrons. The number of hydrogen-bond donors (Lipinski definition) is 0. The Hall–Kier alpha value is -10.0. The normalized spacial score (nSPS) is 10.1. The Bertz CT molecular complexity index is 3490. The number of fused-ring (bicyclic) bond motifs is 3. The summed E-state index contributed by atoms with van der Waals surface area (Å²) in [5.41, 5.74) is 1.67. The van der Waals surface area contributed by atoms with E-state index in [0.717, 1.165) is 4.70 Å². The molecule has 0 saturated carbocycles. The fourth-order valence-corrected chi connectivity index (χ4v) is 9.17. The molecule has 1 aromatic heterocycles. The summed E-state index contributed by atoms with van der Waals surface area (Å²) in [4.78, 5) is 1.94.